The van der Waals surface area contributed by atoms with E-state index in [9.17, 15) is 4.79 Å². The van der Waals surface area contributed by atoms with Gasteiger partial charge in [-0.25, -0.2) is 0 Å². The Kier molecular flexibility index (Phi) is 4.88. The first-order valence-corrected chi connectivity index (χ1v) is 7.61. The van der Waals surface area contributed by atoms with Gasteiger partial charge < -0.3 is 14.8 Å². The monoisotopic (exact) mass is 291 g/mol. The molecule has 1 saturated carbocycles. The first-order valence-electron chi connectivity index (χ1n) is 7.61. The Morgan fingerprint density at radius 2 is 2.14 bits per heavy atom. The van der Waals surface area contributed by atoms with Gasteiger partial charge in [0.05, 0.1) is 7.11 Å². The Morgan fingerprint density at radius 1 is 1.43 bits per heavy atom. The number of rotatable bonds is 7. The average molecular weight is 291 g/mol. The number of hydrogen-bond donors (Lipinski definition) is 1. The third-order valence-corrected chi connectivity index (χ3v) is 4.07. The number of anilines is 1. The second-order valence-corrected chi connectivity index (χ2v) is 5.87. The van der Waals surface area contributed by atoms with Gasteiger partial charge in [-0.2, -0.15) is 0 Å². The van der Waals surface area contributed by atoms with E-state index in [1.165, 1.54) is 0 Å². The van der Waals surface area contributed by atoms with Crippen molar-refractivity contribution in [2.24, 2.45) is 5.92 Å². The van der Waals surface area contributed by atoms with E-state index >= 15 is 0 Å². The largest absolute Gasteiger partial charge is 0.496 e. The predicted molar refractivity (Wildman–Crippen MR) is 83.7 cm³/mol. The molecule has 4 nitrogen and oxygen atoms in total. The quantitative estimate of drug-likeness (QED) is 0.836. The lowest BCUT2D eigenvalue weighted by Gasteiger charge is -2.28. The summed E-state index contributed by atoms with van der Waals surface area (Å²) < 4.78 is 11.1. The van der Waals surface area contributed by atoms with Crippen LogP contribution in [0.3, 0.4) is 0 Å². The summed E-state index contributed by atoms with van der Waals surface area (Å²) in [5.74, 6) is 1.10. The number of benzene rings is 1. The Labute approximate surface area is 126 Å². The van der Waals surface area contributed by atoms with Crippen LogP contribution in [0.5, 0.6) is 5.75 Å². The number of carbonyl (C=O) groups excluding carboxylic acids is 1. The number of hydrogen-bond acceptors (Lipinski definition) is 3. The Morgan fingerprint density at radius 3 is 2.67 bits per heavy atom. The summed E-state index contributed by atoms with van der Waals surface area (Å²) in [6, 6.07) is 5.65. The Balaban J connectivity index is 2.09. The molecule has 1 fully saturated rings. The lowest BCUT2D eigenvalue weighted by atomic mass is 9.98. The van der Waals surface area contributed by atoms with Crippen molar-refractivity contribution in [3.63, 3.8) is 0 Å². The van der Waals surface area contributed by atoms with Crippen molar-refractivity contribution < 1.29 is 14.3 Å². The van der Waals surface area contributed by atoms with E-state index in [-0.39, 0.29) is 5.91 Å². The minimum absolute atomic E-state index is 0.0528. The molecular formula is C17H25NO3. The van der Waals surface area contributed by atoms with Gasteiger partial charge in [-0.05, 0) is 62.8 Å². The van der Waals surface area contributed by atoms with Gasteiger partial charge in [-0.3, -0.25) is 4.79 Å². The molecule has 1 aliphatic carbocycles. The molecule has 0 aliphatic heterocycles. The summed E-state index contributed by atoms with van der Waals surface area (Å²) in [5.41, 5.74) is 1.06. The molecule has 1 N–H and O–H groups in total. The summed E-state index contributed by atoms with van der Waals surface area (Å²) >= 11 is 0. The zero-order valence-corrected chi connectivity index (χ0v) is 13.4. The van der Waals surface area contributed by atoms with Crippen molar-refractivity contribution in [3.8, 4) is 5.75 Å². The number of amides is 1. The maximum Gasteiger partial charge on any atom is 0.256 e. The SMILES string of the molecule is CCCO[C@@](C)(C(=O)Nc1ccc(OC)c(C)c1)C1CC1. The number of methoxy groups -OCH3 is 1. The molecule has 1 aliphatic rings. The van der Waals surface area contributed by atoms with Crippen LogP contribution < -0.4 is 10.1 Å². The second-order valence-electron chi connectivity index (χ2n) is 5.87. The van der Waals surface area contributed by atoms with Crippen molar-refractivity contribution in [2.45, 2.75) is 45.6 Å². The summed E-state index contributed by atoms with van der Waals surface area (Å²) in [4.78, 5) is 12.6. The fourth-order valence-electron chi connectivity index (χ4n) is 2.53. The zero-order valence-electron chi connectivity index (χ0n) is 13.4. The van der Waals surface area contributed by atoms with E-state index in [4.69, 9.17) is 9.47 Å². The summed E-state index contributed by atoms with van der Waals surface area (Å²) in [5, 5.41) is 2.99. The standard InChI is InChI=1S/C17H25NO3/c1-5-10-21-17(3,13-6-7-13)16(19)18-14-8-9-15(20-4)12(2)11-14/h8-9,11,13H,5-7,10H2,1-4H3,(H,18,19)/t17-/m1/s1. The Hall–Kier alpha value is -1.55. The summed E-state index contributed by atoms with van der Waals surface area (Å²) in [6.45, 7) is 6.54. The third kappa shape index (κ3) is 3.56. The normalized spacial score (nSPS) is 17.1. The highest BCUT2D eigenvalue weighted by molar-refractivity contribution is 5.97. The van der Waals surface area contributed by atoms with Gasteiger partial charge in [0.15, 0.2) is 0 Å². The molecular weight excluding hydrogens is 266 g/mol. The van der Waals surface area contributed by atoms with E-state index in [2.05, 4.69) is 12.2 Å². The molecule has 0 saturated heterocycles. The molecule has 2 rings (SSSR count). The molecule has 4 heteroatoms. The molecule has 1 amide bonds. The summed E-state index contributed by atoms with van der Waals surface area (Å²) in [7, 11) is 1.64. The Bertz CT molecular complexity index is 511. The van der Waals surface area contributed by atoms with Crippen LogP contribution in [-0.2, 0) is 9.53 Å². The smallest absolute Gasteiger partial charge is 0.256 e. The second kappa shape index (κ2) is 6.48. The van der Waals surface area contributed by atoms with Gasteiger partial charge in [0.1, 0.15) is 11.4 Å². The number of ether oxygens (including phenoxy) is 2. The minimum Gasteiger partial charge on any atom is -0.496 e. The van der Waals surface area contributed by atoms with E-state index in [0.717, 1.165) is 36.3 Å². The lowest BCUT2D eigenvalue weighted by molar-refractivity contribution is -0.142. The van der Waals surface area contributed by atoms with Crippen molar-refractivity contribution >= 4 is 11.6 Å². The van der Waals surface area contributed by atoms with E-state index in [0.29, 0.717) is 12.5 Å². The molecule has 0 bridgehead atoms. The van der Waals surface area contributed by atoms with Gasteiger partial charge >= 0.3 is 0 Å². The molecule has 0 unspecified atom stereocenters. The molecule has 0 radical (unpaired) electrons. The first kappa shape index (κ1) is 15.8. The van der Waals surface area contributed by atoms with Crippen molar-refractivity contribution in [1.82, 2.24) is 0 Å². The molecule has 0 heterocycles. The maximum absolute atomic E-state index is 12.6. The van der Waals surface area contributed by atoms with Crippen molar-refractivity contribution in [2.75, 3.05) is 19.0 Å². The van der Waals surface area contributed by atoms with Gasteiger partial charge in [-0.15, -0.1) is 0 Å². The predicted octanol–water partition coefficient (Wildman–Crippen LogP) is 3.54. The maximum atomic E-state index is 12.6. The first-order chi connectivity index (χ1) is 10.0. The molecule has 1 atom stereocenters. The fourth-order valence-corrected chi connectivity index (χ4v) is 2.53. The molecule has 21 heavy (non-hydrogen) atoms. The number of nitrogens with one attached hydrogen (secondary N) is 1. The van der Waals surface area contributed by atoms with E-state index < -0.39 is 5.60 Å². The van der Waals surface area contributed by atoms with Crippen molar-refractivity contribution in [3.05, 3.63) is 23.8 Å². The molecule has 0 aromatic heterocycles. The van der Waals surface area contributed by atoms with E-state index in [1.54, 1.807) is 7.11 Å². The van der Waals surface area contributed by atoms with Crippen molar-refractivity contribution in [1.29, 1.82) is 0 Å². The van der Waals surface area contributed by atoms with Crippen LogP contribution in [0, 0.1) is 12.8 Å². The van der Waals surface area contributed by atoms with E-state index in [1.807, 2.05) is 32.0 Å². The molecule has 1 aromatic carbocycles. The third-order valence-electron chi connectivity index (χ3n) is 4.07. The fraction of sp³-hybridized carbons (Fsp3) is 0.588. The van der Waals surface area contributed by atoms with Crippen LogP contribution in [0.25, 0.3) is 0 Å². The van der Waals surface area contributed by atoms with Crippen LogP contribution in [-0.4, -0.2) is 25.2 Å². The number of aryl methyl sites for hydroxylation is 1. The summed E-state index contributed by atoms with van der Waals surface area (Å²) in [6.07, 6.45) is 3.04. The van der Waals surface area contributed by atoms with Gasteiger partial charge in [-0.1, -0.05) is 6.92 Å². The molecule has 116 valence electrons. The highest BCUT2D eigenvalue weighted by Gasteiger charge is 2.48. The highest BCUT2D eigenvalue weighted by atomic mass is 16.5. The van der Waals surface area contributed by atoms with Gasteiger partial charge in [0.25, 0.3) is 5.91 Å². The minimum atomic E-state index is -0.718. The van der Waals surface area contributed by atoms with Crippen LogP contribution in [0.15, 0.2) is 18.2 Å². The van der Waals surface area contributed by atoms with Gasteiger partial charge in [0.2, 0.25) is 0 Å². The van der Waals surface area contributed by atoms with Crippen LogP contribution >= 0.6 is 0 Å². The molecule has 1 aromatic rings. The van der Waals surface area contributed by atoms with Crippen LogP contribution in [0.2, 0.25) is 0 Å². The van der Waals surface area contributed by atoms with Crippen LogP contribution in [0.1, 0.15) is 38.7 Å². The average Bonchev–Trinajstić information content (AvgIpc) is 3.29. The lowest BCUT2D eigenvalue weighted by Crippen LogP contribution is -2.45. The highest BCUT2D eigenvalue weighted by Crippen LogP contribution is 2.42. The topological polar surface area (TPSA) is 47.6 Å². The molecule has 0 spiro atoms. The van der Waals surface area contributed by atoms with Gasteiger partial charge in [0, 0.05) is 12.3 Å². The number of carbonyl (C=O) groups is 1. The van der Waals surface area contributed by atoms with Crippen LogP contribution in [0.4, 0.5) is 5.69 Å². The zero-order chi connectivity index (χ0) is 15.5.